The van der Waals surface area contributed by atoms with Gasteiger partial charge in [-0.2, -0.15) is 0 Å². The maximum absolute atomic E-state index is 5.82. The summed E-state index contributed by atoms with van der Waals surface area (Å²) >= 11 is 0. The standard InChI is InChI=1S/C18H22N2/c1-14-12-16-7-4-5-9-18(16)20(14)11-10-15-6-2-3-8-17(15)13-19/h2-9,14H,10-13,19H2,1H3. The molecule has 104 valence electrons. The van der Waals surface area contributed by atoms with Gasteiger partial charge in [-0.05, 0) is 42.5 Å². The second-order valence-electron chi connectivity index (χ2n) is 5.60. The van der Waals surface area contributed by atoms with Crippen LogP contribution in [0.4, 0.5) is 5.69 Å². The molecule has 3 rings (SSSR count). The van der Waals surface area contributed by atoms with Crippen molar-refractivity contribution in [3.05, 3.63) is 65.2 Å². The first kappa shape index (κ1) is 13.2. The van der Waals surface area contributed by atoms with E-state index >= 15 is 0 Å². The second-order valence-corrected chi connectivity index (χ2v) is 5.60. The van der Waals surface area contributed by atoms with Crippen molar-refractivity contribution in [2.45, 2.75) is 32.4 Å². The summed E-state index contributed by atoms with van der Waals surface area (Å²) in [6.07, 6.45) is 2.22. The third kappa shape index (κ3) is 2.44. The van der Waals surface area contributed by atoms with Crippen LogP contribution in [0.1, 0.15) is 23.6 Å². The molecule has 1 unspecified atom stereocenters. The monoisotopic (exact) mass is 266 g/mol. The molecule has 0 amide bonds. The summed E-state index contributed by atoms with van der Waals surface area (Å²) in [4.78, 5) is 2.53. The zero-order valence-electron chi connectivity index (χ0n) is 12.0. The average Bonchev–Trinajstić information content (AvgIpc) is 2.81. The smallest absolute Gasteiger partial charge is 0.0402 e. The quantitative estimate of drug-likeness (QED) is 0.921. The molecule has 1 aliphatic rings. The largest absolute Gasteiger partial charge is 0.368 e. The molecule has 2 aromatic carbocycles. The fourth-order valence-corrected chi connectivity index (χ4v) is 3.21. The Kier molecular flexibility index (Phi) is 3.75. The summed E-state index contributed by atoms with van der Waals surface area (Å²) in [6, 6.07) is 17.9. The van der Waals surface area contributed by atoms with Crippen molar-refractivity contribution >= 4 is 5.69 Å². The van der Waals surface area contributed by atoms with Crippen molar-refractivity contribution in [1.82, 2.24) is 0 Å². The molecule has 0 aliphatic carbocycles. The van der Waals surface area contributed by atoms with Crippen molar-refractivity contribution < 1.29 is 0 Å². The molecular formula is C18H22N2. The fourth-order valence-electron chi connectivity index (χ4n) is 3.21. The number of hydrogen-bond donors (Lipinski definition) is 1. The Bertz CT molecular complexity index is 591. The van der Waals surface area contributed by atoms with E-state index in [0.29, 0.717) is 12.6 Å². The lowest BCUT2D eigenvalue weighted by Gasteiger charge is -2.25. The molecule has 0 fully saturated rings. The van der Waals surface area contributed by atoms with Crippen LogP contribution in [0.15, 0.2) is 48.5 Å². The predicted molar refractivity (Wildman–Crippen MR) is 85.0 cm³/mol. The van der Waals surface area contributed by atoms with E-state index in [1.807, 2.05) is 0 Å². The molecule has 1 atom stereocenters. The summed E-state index contributed by atoms with van der Waals surface area (Å²) in [7, 11) is 0. The molecule has 2 nitrogen and oxygen atoms in total. The molecule has 0 saturated heterocycles. The Morgan fingerprint density at radius 3 is 2.55 bits per heavy atom. The van der Waals surface area contributed by atoms with Crippen LogP contribution >= 0.6 is 0 Å². The highest BCUT2D eigenvalue weighted by molar-refractivity contribution is 5.59. The minimum atomic E-state index is 0.595. The molecule has 0 saturated carbocycles. The maximum atomic E-state index is 5.82. The van der Waals surface area contributed by atoms with Gasteiger partial charge in [0.2, 0.25) is 0 Å². The molecule has 1 aliphatic heterocycles. The first-order chi connectivity index (χ1) is 9.79. The van der Waals surface area contributed by atoms with Crippen molar-refractivity contribution in [3.8, 4) is 0 Å². The number of nitrogens with two attached hydrogens (primary N) is 1. The minimum absolute atomic E-state index is 0.595. The van der Waals surface area contributed by atoms with Crippen LogP contribution in [0.25, 0.3) is 0 Å². The Morgan fingerprint density at radius 1 is 1.05 bits per heavy atom. The van der Waals surface area contributed by atoms with Gasteiger partial charge in [0, 0.05) is 24.8 Å². The number of anilines is 1. The lowest BCUT2D eigenvalue weighted by Crippen LogP contribution is -2.31. The third-order valence-corrected chi connectivity index (χ3v) is 4.31. The van der Waals surface area contributed by atoms with E-state index in [1.54, 1.807) is 0 Å². The summed E-state index contributed by atoms with van der Waals surface area (Å²) in [5.74, 6) is 0. The van der Waals surface area contributed by atoms with E-state index in [4.69, 9.17) is 5.73 Å². The molecule has 20 heavy (non-hydrogen) atoms. The Labute approximate surface area is 121 Å². The third-order valence-electron chi connectivity index (χ3n) is 4.31. The van der Waals surface area contributed by atoms with Gasteiger partial charge in [-0.3, -0.25) is 0 Å². The Hall–Kier alpha value is -1.80. The van der Waals surface area contributed by atoms with E-state index in [-0.39, 0.29) is 0 Å². The lowest BCUT2D eigenvalue weighted by atomic mass is 10.0. The highest BCUT2D eigenvalue weighted by atomic mass is 15.2. The molecule has 0 radical (unpaired) electrons. The number of rotatable bonds is 4. The van der Waals surface area contributed by atoms with Crippen molar-refractivity contribution in [2.24, 2.45) is 5.73 Å². The van der Waals surface area contributed by atoms with Gasteiger partial charge in [0.1, 0.15) is 0 Å². The average molecular weight is 266 g/mol. The van der Waals surface area contributed by atoms with Crippen LogP contribution in [0, 0.1) is 0 Å². The van der Waals surface area contributed by atoms with Gasteiger partial charge in [0.15, 0.2) is 0 Å². The lowest BCUT2D eigenvalue weighted by molar-refractivity contribution is 0.668. The van der Waals surface area contributed by atoms with Crippen LogP contribution in [0.2, 0.25) is 0 Å². The topological polar surface area (TPSA) is 29.3 Å². The zero-order valence-corrected chi connectivity index (χ0v) is 12.0. The summed E-state index contributed by atoms with van der Waals surface area (Å²) in [6.45, 7) is 4.01. The number of hydrogen-bond acceptors (Lipinski definition) is 2. The van der Waals surface area contributed by atoms with Crippen molar-refractivity contribution in [2.75, 3.05) is 11.4 Å². The number of nitrogens with zero attached hydrogens (tertiary/aromatic N) is 1. The molecule has 2 heteroatoms. The van der Waals surface area contributed by atoms with Gasteiger partial charge in [0.05, 0.1) is 0 Å². The van der Waals surface area contributed by atoms with E-state index in [2.05, 4.69) is 60.4 Å². The van der Waals surface area contributed by atoms with Crippen molar-refractivity contribution in [1.29, 1.82) is 0 Å². The molecular weight excluding hydrogens is 244 g/mol. The Morgan fingerprint density at radius 2 is 1.75 bits per heavy atom. The highest BCUT2D eigenvalue weighted by Crippen LogP contribution is 2.31. The molecule has 0 bridgehead atoms. The minimum Gasteiger partial charge on any atom is -0.368 e. The van der Waals surface area contributed by atoms with Crippen LogP contribution in [0.3, 0.4) is 0 Å². The summed E-state index contributed by atoms with van der Waals surface area (Å²) < 4.78 is 0. The van der Waals surface area contributed by atoms with E-state index in [9.17, 15) is 0 Å². The van der Waals surface area contributed by atoms with Gasteiger partial charge in [-0.15, -0.1) is 0 Å². The molecule has 2 aromatic rings. The number of benzene rings is 2. The van der Waals surface area contributed by atoms with Crippen LogP contribution in [-0.4, -0.2) is 12.6 Å². The van der Waals surface area contributed by atoms with Crippen LogP contribution in [-0.2, 0) is 19.4 Å². The summed E-state index contributed by atoms with van der Waals surface area (Å²) in [5.41, 5.74) is 11.4. The predicted octanol–water partition coefficient (Wildman–Crippen LogP) is 3.14. The van der Waals surface area contributed by atoms with Gasteiger partial charge in [-0.25, -0.2) is 0 Å². The number of para-hydroxylation sites is 1. The molecule has 0 spiro atoms. The number of fused-ring (bicyclic) bond motifs is 1. The van der Waals surface area contributed by atoms with Crippen LogP contribution in [0.5, 0.6) is 0 Å². The van der Waals surface area contributed by atoms with E-state index in [1.165, 1.54) is 22.4 Å². The molecule has 0 aromatic heterocycles. The normalized spacial score (nSPS) is 17.3. The SMILES string of the molecule is CC1Cc2ccccc2N1CCc1ccccc1CN. The zero-order chi connectivity index (χ0) is 13.9. The fraction of sp³-hybridized carbons (Fsp3) is 0.333. The second kappa shape index (κ2) is 5.68. The van der Waals surface area contributed by atoms with Gasteiger partial charge < -0.3 is 10.6 Å². The van der Waals surface area contributed by atoms with Crippen LogP contribution < -0.4 is 10.6 Å². The van der Waals surface area contributed by atoms with Crippen molar-refractivity contribution in [3.63, 3.8) is 0 Å². The highest BCUT2D eigenvalue weighted by Gasteiger charge is 2.24. The van der Waals surface area contributed by atoms with E-state index < -0.39 is 0 Å². The molecule has 1 heterocycles. The maximum Gasteiger partial charge on any atom is 0.0402 e. The van der Waals surface area contributed by atoms with Gasteiger partial charge >= 0.3 is 0 Å². The van der Waals surface area contributed by atoms with E-state index in [0.717, 1.165) is 19.4 Å². The first-order valence-electron chi connectivity index (χ1n) is 7.41. The first-order valence-corrected chi connectivity index (χ1v) is 7.41. The van der Waals surface area contributed by atoms with Gasteiger partial charge in [0.25, 0.3) is 0 Å². The summed E-state index contributed by atoms with van der Waals surface area (Å²) in [5, 5.41) is 0. The molecule has 2 N–H and O–H groups in total. The van der Waals surface area contributed by atoms with Gasteiger partial charge in [-0.1, -0.05) is 42.5 Å². The Balaban J connectivity index is 1.76.